The topological polar surface area (TPSA) is 35.2 Å². The van der Waals surface area contributed by atoms with Gasteiger partial charge in [-0.3, -0.25) is 0 Å². The Labute approximate surface area is 110 Å². The molecule has 1 aromatic rings. The third kappa shape index (κ3) is 2.14. The summed E-state index contributed by atoms with van der Waals surface area (Å²) in [6.07, 6.45) is 5.59. The van der Waals surface area contributed by atoms with E-state index in [1.807, 2.05) is 13.0 Å². The van der Waals surface area contributed by atoms with E-state index in [9.17, 15) is 0 Å². The molecule has 3 rings (SSSR count). The molecule has 4 unspecified atom stereocenters. The highest BCUT2D eigenvalue weighted by molar-refractivity contribution is 5.31. The van der Waals surface area contributed by atoms with Crippen molar-refractivity contribution >= 4 is 0 Å². The number of hydrogen-bond donors (Lipinski definition) is 1. The molecule has 0 spiro atoms. The SMILES string of the molecule is CCOc1cccc(C(N)C2CC3CCC2C3)c1. The van der Waals surface area contributed by atoms with E-state index in [-0.39, 0.29) is 6.04 Å². The minimum absolute atomic E-state index is 0.195. The van der Waals surface area contributed by atoms with E-state index in [4.69, 9.17) is 10.5 Å². The summed E-state index contributed by atoms with van der Waals surface area (Å²) >= 11 is 0. The Morgan fingerprint density at radius 1 is 1.33 bits per heavy atom. The first-order chi connectivity index (χ1) is 8.78. The van der Waals surface area contributed by atoms with Crippen LogP contribution in [-0.2, 0) is 0 Å². The highest BCUT2D eigenvalue weighted by Crippen LogP contribution is 2.52. The highest BCUT2D eigenvalue weighted by Gasteiger charge is 2.42. The summed E-state index contributed by atoms with van der Waals surface area (Å²) in [6, 6.07) is 8.55. The lowest BCUT2D eigenvalue weighted by molar-refractivity contribution is 0.283. The van der Waals surface area contributed by atoms with Crippen LogP contribution < -0.4 is 10.5 Å². The molecule has 0 aromatic heterocycles. The standard InChI is InChI=1S/C16H23NO/c1-2-18-14-5-3-4-13(10-14)16(17)15-9-11-6-7-12(15)8-11/h3-5,10-12,15-16H,2,6-9,17H2,1H3. The third-order valence-electron chi connectivity index (χ3n) is 4.81. The Morgan fingerprint density at radius 2 is 2.22 bits per heavy atom. The average molecular weight is 245 g/mol. The van der Waals surface area contributed by atoms with Crippen molar-refractivity contribution < 1.29 is 4.74 Å². The van der Waals surface area contributed by atoms with Gasteiger partial charge in [-0.15, -0.1) is 0 Å². The fourth-order valence-electron chi connectivity index (χ4n) is 3.96. The summed E-state index contributed by atoms with van der Waals surface area (Å²) in [6.45, 7) is 2.73. The van der Waals surface area contributed by atoms with Gasteiger partial charge < -0.3 is 10.5 Å². The van der Waals surface area contributed by atoms with Crippen LogP contribution in [-0.4, -0.2) is 6.61 Å². The molecule has 2 heteroatoms. The molecule has 0 aliphatic heterocycles. The summed E-state index contributed by atoms with van der Waals surface area (Å²) < 4.78 is 5.57. The first-order valence-corrected chi connectivity index (χ1v) is 7.26. The van der Waals surface area contributed by atoms with Gasteiger partial charge in [0.1, 0.15) is 5.75 Å². The van der Waals surface area contributed by atoms with E-state index in [1.54, 1.807) is 0 Å². The third-order valence-corrected chi connectivity index (χ3v) is 4.81. The van der Waals surface area contributed by atoms with Crippen LogP contribution in [0.15, 0.2) is 24.3 Å². The Kier molecular flexibility index (Phi) is 3.29. The smallest absolute Gasteiger partial charge is 0.119 e. The van der Waals surface area contributed by atoms with Gasteiger partial charge in [0.05, 0.1) is 6.61 Å². The van der Waals surface area contributed by atoms with Crippen LogP contribution in [0.2, 0.25) is 0 Å². The lowest BCUT2D eigenvalue weighted by Crippen LogP contribution is -2.25. The maximum atomic E-state index is 6.50. The lowest BCUT2D eigenvalue weighted by atomic mass is 9.81. The molecule has 0 amide bonds. The van der Waals surface area contributed by atoms with E-state index in [0.717, 1.165) is 17.6 Å². The fourth-order valence-corrected chi connectivity index (χ4v) is 3.96. The molecule has 1 aromatic carbocycles. The van der Waals surface area contributed by atoms with Crippen LogP contribution >= 0.6 is 0 Å². The molecular weight excluding hydrogens is 222 g/mol. The molecule has 2 N–H and O–H groups in total. The largest absolute Gasteiger partial charge is 0.494 e. The second-order valence-corrected chi connectivity index (χ2v) is 5.87. The van der Waals surface area contributed by atoms with Crippen LogP contribution in [0.5, 0.6) is 5.75 Å². The van der Waals surface area contributed by atoms with E-state index >= 15 is 0 Å². The van der Waals surface area contributed by atoms with Crippen molar-refractivity contribution in [2.45, 2.75) is 38.6 Å². The minimum Gasteiger partial charge on any atom is -0.494 e. The van der Waals surface area contributed by atoms with Crippen LogP contribution in [0.3, 0.4) is 0 Å². The molecule has 18 heavy (non-hydrogen) atoms. The lowest BCUT2D eigenvalue weighted by Gasteiger charge is -2.28. The van der Waals surface area contributed by atoms with Crippen LogP contribution in [0, 0.1) is 17.8 Å². The van der Waals surface area contributed by atoms with Gasteiger partial charge >= 0.3 is 0 Å². The van der Waals surface area contributed by atoms with E-state index in [1.165, 1.54) is 31.2 Å². The van der Waals surface area contributed by atoms with Crippen LogP contribution in [0.1, 0.15) is 44.2 Å². The number of hydrogen-bond acceptors (Lipinski definition) is 2. The highest BCUT2D eigenvalue weighted by atomic mass is 16.5. The zero-order valence-electron chi connectivity index (χ0n) is 11.1. The van der Waals surface area contributed by atoms with E-state index < -0.39 is 0 Å². The monoisotopic (exact) mass is 245 g/mol. The summed E-state index contributed by atoms with van der Waals surface area (Å²) in [5, 5.41) is 0. The Balaban J connectivity index is 1.75. The number of benzene rings is 1. The van der Waals surface area contributed by atoms with Crippen molar-refractivity contribution in [2.24, 2.45) is 23.5 Å². The quantitative estimate of drug-likeness (QED) is 0.881. The maximum Gasteiger partial charge on any atom is 0.119 e. The van der Waals surface area contributed by atoms with Crippen molar-refractivity contribution in [1.29, 1.82) is 0 Å². The molecule has 0 saturated heterocycles. The molecule has 2 saturated carbocycles. The number of rotatable bonds is 4. The van der Waals surface area contributed by atoms with Gasteiger partial charge in [0.15, 0.2) is 0 Å². The molecule has 2 nitrogen and oxygen atoms in total. The van der Waals surface area contributed by atoms with Gasteiger partial charge in [-0.2, -0.15) is 0 Å². The minimum atomic E-state index is 0.195. The summed E-state index contributed by atoms with van der Waals surface area (Å²) in [4.78, 5) is 0. The van der Waals surface area contributed by atoms with Crippen molar-refractivity contribution in [3.8, 4) is 5.75 Å². The van der Waals surface area contributed by atoms with Gasteiger partial charge in [0.25, 0.3) is 0 Å². The Morgan fingerprint density at radius 3 is 2.89 bits per heavy atom. The first-order valence-electron chi connectivity index (χ1n) is 7.26. The molecule has 2 fully saturated rings. The van der Waals surface area contributed by atoms with E-state index in [2.05, 4.69) is 18.2 Å². The Bertz CT molecular complexity index is 417. The zero-order valence-corrected chi connectivity index (χ0v) is 11.1. The van der Waals surface area contributed by atoms with Crippen LogP contribution in [0.4, 0.5) is 0 Å². The second-order valence-electron chi connectivity index (χ2n) is 5.87. The van der Waals surface area contributed by atoms with Crippen molar-refractivity contribution in [1.82, 2.24) is 0 Å². The van der Waals surface area contributed by atoms with Gasteiger partial charge in [-0.1, -0.05) is 18.6 Å². The number of ether oxygens (including phenoxy) is 1. The normalized spacial score (nSPS) is 31.6. The van der Waals surface area contributed by atoms with Crippen LogP contribution in [0.25, 0.3) is 0 Å². The average Bonchev–Trinajstić information content (AvgIpc) is 3.01. The zero-order chi connectivity index (χ0) is 12.5. The number of fused-ring (bicyclic) bond motifs is 2. The molecule has 4 atom stereocenters. The van der Waals surface area contributed by atoms with Gasteiger partial charge in [0.2, 0.25) is 0 Å². The molecule has 2 aliphatic carbocycles. The molecular formula is C16H23NO. The van der Waals surface area contributed by atoms with Gasteiger partial charge in [-0.25, -0.2) is 0 Å². The molecule has 2 aliphatic rings. The van der Waals surface area contributed by atoms with Gasteiger partial charge in [0, 0.05) is 6.04 Å². The summed E-state index contributed by atoms with van der Waals surface area (Å²) in [5.41, 5.74) is 7.74. The number of nitrogens with two attached hydrogens (primary N) is 1. The van der Waals surface area contributed by atoms with Gasteiger partial charge in [-0.05, 0) is 61.6 Å². The van der Waals surface area contributed by atoms with Crippen molar-refractivity contribution in [2.75, 3.05) is 6.61 Å². The maximum absolute atomic E-state index is 6.50. The molecule has 0 heterocycles. The molecule has 0 radical (unpaired) electrons. The Hall–Kier alpha value is -1.02. The molecule has 2 bridgehead atoms. The summed E-state index contributed by atoms with van der Waals surface area (Å²) in [5.74, 6) is 3.48. The molecule has 98 valence electrons. The fraction of sp³-hybridized carbons (Fsp3) is 0.625. The predicted molar refractivity (Wildman–Crippen MR) is 73.5 cm³/mol. The van der Waals surface area contributed by atoms with Crippen molar-refractivity contribution in [3.05, 3.63) is 29.8 Å². The second kappa shape index (κ2) is 4.93. The first kappa shape index (κ1) is 12.0. The van der Waals surface area contributed by atoms with Crippen molar-refractivity contribution in [3.63, 3.8) is 0 Å². The van der Waals surface area contributed by atoms with E-state index in [0.29, 0.717) is 12.5 Å². The summed E-state index contributed by atoms with van der Waals surface area (Å²) in [7, 11) is 0. The predicted octanol–water partition coefficient (Wildman–Crippen LogP) is 3.52.